The number of amides is 2. The zero-order valence-electron chi connectivity index (χ0n) is 24.3. The lowest BCUT2D eigenvalue weighted by Gasteiger charge is -2.33. The van der Waals surface area contributed by atoms with Gasteiger partial charge in [-0.1, -0.05) is 26.0 Å². The minimum Gasteiger partial charge on any atom is -0.486 e. The highest BCUT2D eigenvalue weighted by Gasteiger charge is 2.34. The van der Waals surface area contributed by atoms with Crippen molar-refractivity contribution in [3.8, 4) is 11.5 Å². The van der Waals surface area contributed by atoms with Crippen LogP contribution in [0.25, 0.3) is 0 Å². The first-order valence-corrected chi connectivity index (χ1v) is 15.5. The van der Waals surface area contributed by atoms with E-state index in [0.717, 1.165) is 16.4 Å². The maximum absolute atomic E-state index is 14.1. The Morgan fingerprint density at radius 2 is 1.49 bits per heavy atom. The molecular formula is C31H35F2N3O6S. The third-order valence-corrected chi connectivity index (χ3v) is 8.92. The molecule has 2 atom stereocenters. The molecule has 0 radical (unpaired) electrons. The molecule has 2 amide bonds. The molecule has 0 aromatic heterocycles. The summed E-state index contributed by atoms with van der Waals surface area (Å²) >= 11 is 0. The van der Waals surface area contributed by atoms with E-state index >= 15 is 0 Å². The van der Waals surface area contributed by atoms with E-state index in [1.165, 1.54) is 59.5 Å². The average molecular weight is 616 g/mol. The molecule has 0 saturated carbocycles. The van der Waals surface area contributed by atoms with Crippen LogP contribution in [0.1, 0.15) is 39.2 Å². The predicted molar refractivity (Wildman–Crippen MR) is 157 cm³/mol. The second-order valence-electron chi connectivity index (χ2n) is 10.2. The predicted octanol–water partition coefficient (Wildman–Crippen LogP) is 4.65. The van der Waals surface area contributed by atoms with Crippen molar-refractivity contribution in [2.45, 2.75) is 57.1 Å². The summed E-state index contributed by atoms with van der Waals surface area (Å²) in [6, 6.07) is 13.2. The van der Waals surface area contributed by atoms with Gasteiger partial charge in [0.05, 0.1) is 10.6 Å². The largest absolute Gasteiger partial charge is 0.486 e. The summed E-state index contributed by atoms with van der Waals surface area (Å²) in [5.41, 5.74) is 0.594. The van der Waals surface area contributed by atoms with Gasteiger partial charge in [0, 0.05) is 18.7 Å². The van der Waals surface area contributed by atoms with Crippen LogP contribution in [0.15, 0.2) is 71.6 Å². The van der Waals surface area contributed by atoms with Crippen molar-refractivity contribution in [1.82, 2.24) is 10.2 Å². The number of carbonyl (C=O) groups excluding carboxylic acids is 2. The quantitative estimate of drug-likeness (QED) is 0.318. The number of hydrogen-bond donors (Lipinski definition) is 1. The molecule has 43 heavy (non-hydrogen) atoms. The average Bonchev–Trinajstić information content (AvgIpc) is 3.00. The van der Waals surface area contributed by atoms with Gasteiger partial charge in [0.25, 0.3) is 10.0 Å². The van der Waals surface area contributed by atoms with Crippen LogP contribution in [0, 0.1) is 11.6 Å². The summed E-state index contributed by atoms with van der Waals surface area (Å²) in [6.07, 6.45) is 0.904. The summed E-state index contributed by atoms with van der Waals surface area (Å²) in [6.45, 7) is 5.29. The number of halogens is 2. The van der Waals surface area contributed by atoms with Crippen LogP contribution in [0.3, 0.4) is 0 Å². The van der Waals surface area contributed by atoms with Gasteiger partial charge in [0.2, 0.25) is 11.8 Å². The topological polar surface area (TPSA) is 105 Å². The first-order valence-electron chi connectivity index (χ1n) is 14.1. The molecule has 1 N–H and O–H groups in total. The molecule has 0 aliphatic carbocycles. The van der Waals surface area contributed by atoms with Crippen LogP contribution in [0.4, 0.5) is 14.5 Å². The maximum Gasteiger partial charge on any atom is 0.264 e. The zero-order chi connectivity index (χ0) is 31.1. The number of sulfonamides is 1. The summed E-state index contributed by atoms with van der Waals surface area (Å²) in [5, 5.41) is 2.90. The van der Waals surface area contributed by atoms with E-state index in [1.807, 2.05) is 13.8 Å². The van der Waals surface area contributed by atoms with E-state index in [4.69, 9.17) is 9.47 Å². The van der Waals surface area contributed by atoms with Gasteiger partial charge < -0.3 is 19.7 Å². The summed E-state index contributed by atoms with van der Waals surface area (Å²) in [7, 11) is -4.41. The molecule has 230 valence electrons. The van der Waals surface area contributed by atoms with Gasteiger partial charge in [-0.3, -0.25) is 13.9 Å². The molecule has 9 nitrogen and oxygen atoms in total. The minimum absolute atomic E-state index is 0.0449. The zero-order valence-corrected chi connectivity index (χ0v) is 25.1. The molecule has 0 bridgehead atoms. The first kappa shape index (κ1) is 31.7. The monoisotopic (exact) mass is 615 g/mol. The van der Waals surface area contributed by atoms with Crippen LogP contribution < -0.4 is 19.1 Å². The van der Waals surface area contributed by atoms with E-state index in [1.54, 1.807) is 6.92 Å². The normalized spacial score (nSPS) is 14.0. The number of fused-ring (bicyclic) bond motifs is 1. The summed E-state index contributed by atoms with van der Waals surface area (Å²) < 4.78 is 67.6. The molecule has 12 heteroatoms. The SMILES string of the molecule is CC[C@@H](C)NC(=O)[C@H](CC)N(Cc1ccc(F)cc1)C(=O)CN(c1ccc(F)cc1)S(=O)(=O)c1ccc2c(c1)OCCO2. The van der Waals surface area contributed by atoms with Gasteiger partial charge in [-0.05, 0) is 73.9 Å². The van der Waals surface area contributed by atoms with Crippen molar-refractivity contribution in [2.75, 3.05) is 24.1 Å². The lowest BCUT2D eigenvalue weighted by molar-refractivity contribution is -0.140. The lowest BCUT2D eigenvalue weighted by Crippen LogP contribution is -2.53. The second-order valence-corrected chi connectivity index (χ2v) is 12.0. The molecule has 1 aliphatic rings. The number of nitrogens with zero attached hydrogens (tertiary/aromatic N) is 2. The van der Waals surface area contributed by atoms with Crippen molar-refractivity contribution in [1.29, 1.82) is 0 Å². The van der Waals surface area contributed by atoms with Gasteiger partial charge in [0.1, 0.15) is 37.4 Å². The Bertz CT molecular complexity index is 1530. The Morgan fingerprint density at radius 1 is 0.884 bits per heavy atom. The van der Waals surface area contributed by atoms with Crippen molar-refractivity contribution >= 4 is 27.5 Å². The fourth-order valence-electron chi connectivity index (χ4n) is 4.59. The summed E-state index contributed by atoms with van der Waals surface area (Å²) in [4.78, 5) is 28.5. The fraction of sp³-hybridized carbons (Fsp3) is 0.355. The standard InChI is InChI=1S/C31H35F2N3O6S/c1-4-21(3)34-31(38)27(5-2)35(19-22-6-8-23(32)9-7-22)30(37)20-36(25-12-10-24(33)11-13-25)43(39,40)26-14-15-28-29(18-26)42-17-16-41-28/h6-15,18,21,27H,4-5,16-17,19-20H2,1-3H3,(H,34,38)/t21-,27+/m1/s1. The van der Waals surface area contributed by atoms with Gasteiger partial charge in [-0.15, -0.1) is 0 Å². The highest BCUT2D eigenvalue weighted by Crippen LogP contribution is 2.34. The van der Waals surface area contributed by atoms with Gasteiger partial charge in [0.15, 0.2) is 11.5 Å². The number of hydrogen-bond acceptors (Lipinski definition) is 6. The van der Waals surface area contributed by atoms with E-state index in [2.05, 4.69) is 5.32 Å². The maximum atomic E-state index is 14.1. The van der Waals surface area contributed by atoms with Crippen molar-refractivity contribution < 1.29 is 36.3 Å². The van der Waals surface area contributed by atoms with Crippen LogP contribution in [-0.2, 0) is 26.2 Å². The Morgan fingerprint density at radius 3 is 2.09 bits per heavy atom. The third-order valence-electron chi connectivity index (χ3n) is 7.15. The Hall–Kier alpha value is -4.19. The molecule has 0 spiro atoms. The van der Waals surface area contributed by atoms with Crippen LogP contribution >= 0.6 is 0 Å². The molecule has 1 aliphatic heterocycles. The van der Waals surface area contributed by atoms with Crippen LogP contribution in [0.5, 0.6) is 11.5 Å². The van der Waals surface area contributed by atoms with Crippen molar-refractivity contribution in [2.24, 2.45) is 0 Å². The van der Waals surface area contributed by atoms with E-state index in [0.29, 0.717) is 24.3 Å². The number of ether oxygens (including phenoxy) is 2. The number of benzene rings is 3. The Kier molecular flexibility index (Phi) is 10.2. The third kappa shape index (κ3) is 7.61. The van der Waals surface area contributed by atoms with Crippen molar-refractivity contribution in [3.05, 3.63) is 83.9 Å². The molecule has 0 fully saturated rings. The second kappa shape index (κ2) is 13.9. The van der Waals surface area contributed by atoms with Crippen LogP contribution in [0.2, 0.25) is 0 Å². The fourth-order valence-corrected chi connectivity index (χ4v) is 6.02. The molecule has 1 heterocycles. The molecule has 4 rings (SSSR count). The van der Waals surface area contributed by atoms with Gasteiger partial charge >= 0.3 is 0 Å². The summed E-state index contributed by atoms with van der Waals surface area (Å²) in [5.74, 6) is -1.49. The molecule has 3 aromatic carbocycles. The number of nitrogens with one attached hydrogen (secondary N) is 1. The van der Waals surface area contributed by atoms with Crippen LogP contribution in [-0.4, -0.2) is 57.0 Å². The highest BCUT2D eigenvalue weighted by atomic mass is 32.2. The molecule has 0 unspecified atom stereocenters. The molecule has 3 aromatic rings. The molecular weight excluding hydrogens is 580 g/mol. The number of carbonyl (C=O) groups is 2. The highest BCUT2D eigenvalue weighted by molar-refractivity contribution is 7.92. The Labute approximate surface area is 250 Å². The number of anilines is 1. The van der Waals surface area contributed by atoms with E-state index in [9.17, 15) is 26.8 Å². The van der Waals surface area contributed by atoms with Gasteiger partial charge in [-0.2, -0.15) is 0 Å². The molecule has 0 saturated heterocycles. The van der Waals surface area contributed by atoms with E-state index in [-0.39, 0.29) is 41.9 Å². The van der Waals surface area contributed by atoms with Gasteiger partial charge in [-0.25, -0.2) is 17.2 Å². The smallest absolute Gasteiger partial charge is 0.264 e. The van der Waals surface area contributed by atoms with E-state index < -0.39 is 46.1 Å². The first-order chi connectivity index (χ1) is 20.5. The Balaban J connectivity index is 1.74. The van der Waals surface area contributed by atoms with Crippen molar-refractivity contribution in [3.63, 3.8) is 0 Å². The number of rotatable bonds is 12. The minimum atomic E-state index is -4.41. The lowest BCUT2D eigenvalue weighted by atomic mass is 10.1.